The molecule has 1 saturated heterocycles. The van der Waals surface area contributed by atoms with Crippen LogP contribution in [0.4, 0.5) is 0 Å². The van der Waals surface area contributed by atoms with Crippen molar-refractivity contribution in [1.82, 2.24) is 14.7 Å². The van der Waals surface area contributed by atoms with Crippen LogP contribution in [0, 0.1) is 20.8 Å². The fraction of sp³-hybridized carbons (Fsp3) is 0.526. The second-order valence-corrected chi connectivity index (χ2v) is 7.17. The molecule has 1 aliphatic carbocycles. The highest BCUT2D eigenvalue weighted by molar-refractivity contribution is 6.10. The van der Waals surface area contributed by atoms with Gasteiger partial charge in [-0.25, -0.2) is 0 Å². The molecule has 6 heteroatoms. The maximum atomic E-state index is 13.1. The molecule has 1 unspecified atom stereocenters. The fourth-order valence-corrected chi connectivity index (χ4v) is 4.17. The Kier molecular flexibility index (Phi) is 3.78. The second-order valence-electron chi connectivity index (χ2n) is 7.17. The van der Waals surface area contributed by atoms with Crippen LogP contribution >= 0.6 is 0 Å². The molecule has 2 aromatic rings. The highest BCUT2D eigenvalue weighted by Gasteiger charge is 2.35. The van der Waals surface area contributed by atoms with E-state index < -0.39 is 0 Å². The van der Waals surface area contributed by atoms with Gasteiger partial charge in [0, 0.05) is 31.6 Å². The molecule has 25 heavy (non-hydrogen) atoms. The SMILES string of the molecule is Cc1cc(C)n(C2CCN(C(=O)c3c(C)oc4c3C(=O)CCC4)C2)n1. The van der Waals surface area contributed by atoms with Gasteiger partial charge in [-0.1, -0.05) is 0 Å². The van der Waals surface area contributed by atoms with E-state index in [1.807, 2.05) is 23.4 Å². The first-order valence-corrected chi connectivity index (χ1v) is 8.93. The molecule has 0 spiro atoms. The summed E-state index contributed by atoms with van der Waals surface area (Å²) >= 11 is 0. The number of aromatic nitrogens is 2. The average Bonchev–Trinajstić information content (AvgIpc) is 3.24. The summed E-state index contributed by atoms with van der Waals surface area (Å²) in [6, 6.07) is 2.25. The van der Waals surface area contributed by atoms with Gasteiger partial charge in [0.2, 0.25) is 0 Å². The summed E-state index contributed by atoms with van der Waals surface area (Å²) in [5.41, 5.74) is 3.12. The minimum absolute atomic E-state index is 0.0377. The first kappa shape index (κ1) is 16.1. The Balaban J connectivity index is 1.60. The van der Waals surface area contributed by atoms with Crippen molar-refractivity contribution >= 4 is 11.7 Å². The molecule has 0 radical (unpaired) electrons. The highest BCUT2D eigenvalue weighted by atomic mass is 16.3. The molecule has 2 aliphatic rings. The van der Waals surface area contributed by atoms with Gasteiger partial charge in [-0.15, -0.1) is 0 Å². The van der Waals surface area contributed by atoms with Crippen molar-refractivity contribution in [2.45, 2.75) is 52.5 Å². The summed E-state index contributed by atoms with van der Waals surface area (Å²) in [5.74, 6) is 1.21. The van der Waals surface area contributed by atoms with Crippen molar-refractivity contribution < 1.29 is 14.0 Å². The van der Waals surface area contributed by atoms with Crippen LogP contribution in [-0.4, -0.2) is 39.5 Å². The highest BCUT2D eigenvalue weighted by Crippen LogP contribution is 2.32. The normalized spacial score (nSPS) is 20.2. The van der Waals surface area contributed by atoms with Gasteiger partial charge in [-0.2, -0.15) is 5.10 Å². The topological polar surface area (TPSA) is 68.3 Å². The lowest BCUT2D eigenvalue weighted by Gasteiger charge is -2.18. The predicted octanol–water partition coefficient (Wildman–Crippen LogP) is 3.01. The number of amides is 1. The minimum atomic E-state index is -0.0817. The van der Waals surface area contributed by atoms with Crippen LogP contribution in [0.5, 0.6) is 0 Å². The first-order valence-electron chi connectivity index (χ1n) is 8.93. The molecular formula is C19H23N3O3. The van der Waals surface area contributed by atoms with E-state index in [4.69, 9.17) is 4.42 Å². The standard InChI is InChI=1S/C19H23N3O3/c1-11-9-12(2)22(20-11)14-7-8-21(10-14)19(24)17-13(3)25-16-6-4-5-15(23)18(16)17/h9,14H,4-8,10H2,1-3H3. The Morgan fingerprint density at radius 3 is 2.80 bits per heavy atom. The van der Waals surface area contributed by atoms with E-state index in [2.05, 4.69) is 11.2 Å². The van der Waals surface area contributed by atoms with Crippen molar-refractivity contribution in [3.8, 4) is 0 Å². The number of hydrogen-bond acceptors (Lipinski definition) is 4. The zero-order valence-corrected chi connectivity index (χ0v) is 15.0. The Labute approximate surface area is 146 Å². The lowest BCUT2D eigenvalue weighted by molar-refractivity contribution is 0.0779. The molecule has 1 atom stereocenters. The maximum Gasteiger partial charge on any atom is 0.258 e. The molecule has 1 aliphatic heterocycles. The lowest BCUT2D eigenvalue weighted by atomic mass is 9.93. The quantitative estimate of drug-likeness (QED) is 0.842. The van der Waals surface area contributed by atoms with Gasteiger partial charge < -0.3 is 9.32 Å². The number of furan rings is 1. The van der Waals surface area contributed by atoms with Gasteiger partial charge in [0.25, 0.3) is 5.91 Å². The third-order valence-electron chi connectivity index (χ3n) is 5.30. The van der Waals surface area contributed by atoms with Crippen LogP contribution < -0.4 is 0 Å². The molecule has 6 nitrogen and oxygen atoms in total. The van der Waals surface area contributed by atoms with Crippen LogP contribution in [0.25, 0.3) is 0 Å². The number of nitrogens with zero attached hydrogens (tertiary/aromatic N) is 3. The molecule has 0 aromatic carbocycles. The predicted molar refractivity (Wildman–Crippen MR) is 92.0 cm³/mol. The Bertz CT molecular complexity index is 862. The third-order valence-corrected chi connectivity index (χ3v) is 5.30. The van der Waals surface area contributed by atoms with Crippen LogP contribution in [0.1, 0.15) is 68.9 Å². The number of ketones is 1. The Hall–Kier alpha value is -2.37. The number of Topliss-reactive ketones (excluding diaryl/α,β-unsaturated/α-hetero) is 1. The van der Waals surface area contributed by atoms with Crippen LogP contribution in [-0.2, 0) is 6.42 Å². The average molecular weight is 341 g/mol. The van der Waals surface area contributed by atoms with Gasteiger partial charge in [0.1, 0.15) is 11.5 Å². The zero-order chi connectivity index (χ0) is 17.7. The van der Waals surface area contributed by atoms with E-state index in [1.54, 1.807) is 6.92 Å². The number of hydrogen-bond donors (Lipinski definition) is 0. The molecule has 0 saturated carbocycles. The monoisotopic (exact) mass is 341 g/mol. The molecule has 4 rings (SSSR count). The summed E-state index contributed by atoms with van der Waals surface area (Å²) in [4.78, 5) is 27.3. The number of carbonyl (C=O) groups is 2. The van der Waals surface area contributed by atoms with Gasteiger partial charge in [0.05, 0.1) is 22.9 Å². The molecule has 1 fully saturated rings. The summed E-state index contributed by atoms with van der Waals surface area (Å²) in [6.07, 6.45) is 2.92. The maximum absolute atomic E-state index is 13.1. The van der Waals surface area contributed by atoms with Crippen LogP contribution in [0.3, 0.4) is 0 Å². The summed E-state index contributed by atoms with van der Waals surface area (Å²) in [5, 5.41) is 4.55. The van der Waals surface area contributed by atoms with Gasteiger partial charge in [-0.05, 0) is 39.7 Å². The molecule has 132 valence electrons. The molecule has 2 aromatic heterocycles. The number of rotatable bonds is 2. The largest absolute Gasteiger partial charge is 0.465 e. The molecule has 0 bridgehead atoms. The minimum Gasteiger partial charge on any atom is -0.465 e. The van der Waals surface area contributed by atoms with Crippen LogP contribution in [0.15, 0.2) is 10.5 Å². The van der Waals surface area contributed by atoms with E-state index in [0.717, 1.165) is 30.7 Å². The van der Waals surface area contributed by atoms with Crippen molar-refractivity contribution in [2.75, 3.05) is 13.1 Å². The Morgan fingerprint density at radius 1 is 1.28 bits per heavy atom. The van der Waals surface area contributed by atoms with Gasteiger partial charge in [-0.3, -0.25) is 14.3 Å². The van der Waals surface area contributed by atoms with Gasteiger partial charge >= 0.3 is 0 Å². The van der Waals surface area contributed by atoms with Crippen molar-refractivity contribution in [1.29, 1.82) is 0 Å². The fourth-order valence-electron chi connectivity index (χ4n) is 4.17. The first-order chi connectivity index (χ1) is 12.0. The van der Waals surface area contributed by atoms with Crippen molar-refractivity contribution in [3.63, 3.8) is 0 Å². The number of fused-ring (bicyclic) bond motifs is 1. The Morgan fingerprint density at radius 2 is 2.08 bits per heavy atom. The number of aryl methyl sites for hydroxylation is 4. The van der Waals surface area contributed by atoms with Gasteiger partial charge in [0.15, 0.2) is 5.78 Å². The van der Waals surface area contributed by atoms with Crippen molar-refractivity contribution in [3.05, 3.63) is 40.1 Å². The zero-order valence-electron chi connectivity index (χ0n) is 15.0. The molecule has 0 N–H and O–H groups in total. The van der Waals surface area contributed by atoms with E-state index in [1.165, 1.54) is 0 Å². The molecular weight excluding hydrogens is 318 g/mol. The molecule has 1 amide bonds. The van der Waals surface area contributed by atoms with E-state index in [9.17, 15) is 9.59 Å². The van der Waals surface area contributed by atoms with E-state index >= 15 is 0 Å². The summed E-state index contributed by atoms with van der Waals surface area (Å²) < 4.78 is 7.76. The molecule has 3 heterocycles. The van der Waals surface area contributed by atoms with E-state index in [0.29, 0.717) is 42.2 Å². The smallest absolute Gasteiger partial charge is 0.258 e. The summed E-state index contributed by atoms with van der Waals surface area (Å²) in [7, 11) is 0. The number of likely N-dealkylation sites (tertiary alicyclic amines) is 1. The van der Waals surface area contributed by atoms with E-state index in [-0.39, 0.29) is 17.7 Å². The lowest BCUT2D eigenvalue weighted by Crippen LogP contribution is -2.31. The van der Waals surface area contributed by atoms with Crippen molar-refractivity contribution in [2.24, 2.45) is 0 Å². The van der Waals surface area contributed by atoms with Crippen LogP contribution in [0.2, 0.25) is 0 Å². The second kappa shape index (κ2) is 5.86. The number of carbonyl (C=O) groups excluding carboxylic acids is 2. The summed E-state index contributed by atoms with van der Waals surface area (Å²) in [6.45, 7) is 7.10. The third kappa shape index (κ3) is 2.60.